The van der Waals surface area contributed by atoms with Crippen LogP contribution in [0.4, 0.5) is 0 Å². The lowest BCUT2D eigenvalue weighted by atomic mass is 10.0. The molecule has 3 unspecified atom stereocenters. The molecule has 0 fully saturated rings. The van der Waals surface area contributed by atoms with Gasteiger partial charge in [0.05, 0.1) is 19.8 Å². The second-order valence-corrected chi connectivity index (χ2v) is 24.1. The Balaban J connectivity index is 4.68. The number of carbonyl (C=O) groups is 3. The monoisotopic (exact) mass is 1170 g/mol. The molecule has 0 aromatic carbocycles. The van der Waals surface area contributed by atoms with Gasteiger partial charge in [0.15, 0.2) is 6.10 Å². The zero-order valence-electron chi connectivity index (χ0n) is 53.0. The summed E-state index contributed by atoms with van der Waals surface area (Å²) in [5, 5.41) is 9.87. The molecule has 0 rings (SSSR count). The Bertz CT molecular complexity index is 1650. The molecule has 0 bridgehead atoms. The maximum absolute atomic E-state index is 13.0. The van der Waals surface area contributed by atoms with Crippen LogP contribution in [-0.2, 0) is 42.2 Å². The number of allylic oxidation sites excluding steroid dienone is 12. The fraction of sp³-hybridized carbons (Fsp3) is 0.786. The van der Waals surface area contributed by atoms with E-state index in [4.69, 9.17) is 23.3 Å². The quantitative estimate of drug-likeness (QED) is 0.0197. The van der Waals surface area contributed by atoms with E-state index in [0.29, 0.717) is 19.3 Å². The highest BCUT2D eigenvalue weighted by Gasteiger charge is 2.28. The Labute approximate surface area is 503 Å². The summed E-state index contributed by atoms with van der Waals surface area (Å²) >= 11 is 0. The number of aliphatic hydroxyl groups is 1. The summed E-state index contributed by atoms with van der Waals surface area (Å²) in [6.07, 6.45) is 74.1. The first kappa shape index (κ1) is 78.9. The minimum Gasteiger partial charge on any atom is -0.462 e. The van der Waals surface area contributed by atoms with Gasteiger partial charge in [0.1, 0.15) is 12.7 Å². The molecule has 0 saturated carbocycles. The van der Waals surface area contributed by atoms with Gasteiger partial charge in [-0.3, -0.25) is 23.4 Å². The molecule has 0 spiro atoms. The molecule has 0 aromatic heterocycles. The zero-order valence-corrected chi connectivity index (χ0v) is 53.8. The van der Waals surface area contributed by atoms with Crippen molar-refractivity contribution in [2.75, 3.05) is 26.4 Å². The van der Waals surface area contributed by atoms with E-state index in [2.05, 4.69) is 93.7 Å². The molecule has 0 aliphatic carbocycles. The molecule has 0 aliphatic rings. The lowest BCUT2D eigenvalue weighted by Crippen LogP contribution is -2.30. The number of carbonyl (C=O) groups excluding carboxylic acids is 3. The summed E-state index contributed by atoms with van der Waals surface area (Å²) in [6.45, 7) is 4.55. The largest absolute Gasteiger partial charge is 0.472 e. The average Bonchev–Trinajstić information content (AvgIpc) is 3.50. The van der Waals surface area contributed by atoms with Crippen LogP contribution in [0.3, 0.4) is 0 Å². The van der Waals surface area contributed by atoms with Gasteiger partial charge in [0.2, 0.25) is 0 Å². The third-order valence-electron chi connectivity index (χ3n) is 14.6. The van der Waals surface area contributed by atoms with E-state index in [0.717, 1.165) is 116 Å². The highest BCUT2D eigenvalue weighted by atomic mass is 31.2. The van der Waals surface area contributed by atoms with E-state index < -0.39 is 57.8 Å². The molecule has 476 valence electrons. The summed E-state index contributed by atoms with van der Waals surface area (Å²) < 4.78 is 39.8. The van der Waals surface area contributed by atoms with Crippen LogP contribution in [0.1, 0.15) is 316 Å². The number of phosphoric ester groups is 1. The number of unbranched alkanes of at least 4 members (excludes halogenated alkanes) is 34. The second-order valence-electron chi connectivity index (χ2n) is 22.6. The topological polar surface area (TPSA) is 155 Å². The second kappa shape index (κ2) is 63.9. The number of esters is 3. The fourth-order valence-electron chi connectivity index (χ4n) is 9.50. The number of ether oxygens (including phenoxy) is 3. The third kappa shape index (κ3) is 61.5. The van der Waals surface area contributed by atoms with Gasteiger partial charge in [-0.05, 0) is 89.9 Å². The van der Waals surface area contributed by atoms with Gasteiger partial charge in [-0.15, -0.1) is 0 Å². The van der Waals surface area contributed by atoms with Gasteiger partial charge in [-0.1, -0.05) is 280 Å². The number of hydrogen-bond donors (Lipinski definition) is 2. The van der Waals surface area contributed by atoms with Gasteiger partial charge in [-0.2, -0.15) is 0 Å². The van der Waals surface area contributed by atoms with Gasteiger partial charge in [-0.25, -0.2) is 4.57 Å². The van der Waals surface area contributed by atoms with E-state index in [-0.39, 0.29) is 25.9 Å². The van der Waals surface area contributed by atoms with Crippen LogP contribution in [0.15, 0.2) is 72.9 Å². The standard InChI is InChI=1S/C70H125O11P/c1-4-7-10-13-16-19-22-25-28-31-33-36-39-42-45-48-51-54-57-60-69(73)80-66(62-71)64-78-82(75,76)79-65-67(63-77-68(72)59-56-53-50-47-44-41-38-35-30-27-24-21-18-15-12-9-6-3)81-70(74)61-58-55-52-49-46-43-40-37-34-32-29-26-23-20-17-14-11-8-5-2/h8,11,16-17,19-20,25-26,28-29,34,37,66-67,71H,4-7,9-10,12-15,18,21-24,27,30-33,35-36,38-65H2,1-3H3,(H,75,76)/b11-8-,19-16-,20-17-,28-25-,29-26-,37-34-. The molecule has 0 aliphatic heterocycles. The van der Waals surface area contributed by atoms with Crippen molar-refractivity contribution in [2.24, 2.45) is 0 Å². The summed E-state index contributed by atoms with van der Waals surface area (Å²) in [4.78, 5) is 48.9. The molecular weight excluding hydrogens is 1050 g/mol. The van der Waals surface area contributed by atoms with Crippen LogP contribution in [-0.4, -0.2) is 66.5 Å². The van der Waals surface area contributed by atoms with E-state index in [1.165, 1.54) is 141 Å². The minimum absolute atomic E-state index is 0.152. The first-order chi connectivity index (χ1) is 40.2. The van der Waals surface area contributed by atoms with Gasteiger partial charge in [0, 0.05) is 19.3 Å². The molecule has 0 radical (unpaired) electrons. The first-order valence-corrected chi connectivity index (χ1v) is 35.3. The number of rotatable bonds is 63. The van der Waals surface area contributed by atoms with Crippen molar-refractivity contribution in [3.8, 4) is 0 Å². The minimum atomic E-state index is -4.76. The maximum atomic E-state index is 13.0. The van der Waals surface area contributed by atoms with Crippen molar-refractivity contribution in [3.63, 3.8) is 0 Å². The molecule has 2 N–H and O–H groups in total. The zero-order chi connectivity index (χ0) is 59.8. The van der Waals surface area contributed by atoms with Crippen LogP contribution < -0.4 is 0 Å². The molecule has 11 nitrogen and oxygen atoms in total. The smallest absolute Gasteiger partial charge is 0.462 e. The molecule has 0 amide bonds. The maximum Gasteiger partial charge on any atom is 0.472 e. The fourth-order valence-corrected chi connectivity index (χ4v) is 10.3. The van der Waals surface area contributed by atoms with Crippen LogP contribution in [0, 0.1) is 0 Å². The van der Waals surface area contributed by atoms with Gasteiger partial charge in [0.25, 0.3) is 0 Å². The van der Waals surface area contributed by atoms with Crippen molar-refractivity contribution in [2.45, 2.75) is 328 Å². The Hall–Kier alpha value is -3.08. The highest BCUT2D eigenvalue weighted by Crippen LogP contribution is 2.43. The van der Waals surface area contributed by atoms with Gasteiger partial charge < -0.3 is 24.2 Å². The Kier molecular flexibility index (Phi) is 61.5. The predicted octanol–water partition coefficient (Wildman–Crippen LogP) is 20.8. The van der Waals surface area contributed by atoms with Crippen LogP contribution in [0.2, 0.25) is 0 Å². The lowest BCUT2D eigenvalue weighted by molar-refractivity contribution is -0.161. The summed E-state index contributed by atoms with van der Waals surface area (Å²) in [7, 11) is -4.76. The Morgan fingerprint density at radius 2 is 0.634 bits per heavy atom. The Morgan fingerprint density at radius 1 is 0.354 bits per heavy atom. The van der Waals surface area contributed by atoms with Crippen LogP contribution >= 0.6 is 7.82 Å². The average molecular weight is 1170 g/mol. The summed E-state index contributed by atoms with van der Waals surface area (Å²) in [5.74, 6) is -1.47. The number of hydrogen-bond acceptors (Lipinski definition) is 10. The first-order valence-electron chi connectivity index (χ1n) is 33.8. The highest BCUT2D eigenvalue weighted by molar-refractivity contribution is 7.47. The third-order valence-corrected chi connectivity index (χ3v) is 15.6. The van der Waals surface area contributed by atoms with Crippen LogP contribution in [0.5, 0.6) is 0 Å². The molecule has 3 atom stereocenters. The molecule has 0 aromatic rings. The van der Waals surface area contributed by atoms with Crippen molar-refractivity contribution in [1.82, 2.24) is 0 Å². The van der Waals surface area contributed by atoms with Crippen molar-refractivity contribution >= 4 is 25.7 Å². The van der Waals surface area contributed by atoms with E-state index in [9.17, 15) is 28.9 Å². The molecule has 0 heterocycles. The number of phosphoric acid groups is 1. The molecular formula is C70H125O11P. The molecule has 82 heavy (non-hydrogen) atoms. The summed E-state index contributed by atoms with van der Waals surface area (Å²) in [6, 6.07) is 0. The normalized spacial score (nSPS) is 13.7. The van der Waals surface area contributed by atoms with Crippen molar-refractivity contribution in [3.05, 3.63) is 72.9 Å². The molecule has 0 saturated heterocycles. The lowest BCUT2D eigenvalue weighted by Gasteiger charge is -2.21. The SMILES string of the molecule is CC/C=C\C/C=C\C/C=C\C/C=C\CCCCCCCCC(=O)OC(COC(=O)CCCCCCCCCCCCCCCCCCC)COP(=O)(O)OCC(CO)OC(=O)CCCCCCCCCCC/C=C\C/C=C\CCCCC. The van der Waals surface area contributed by atoms with E-state index >= 15 is 0 Å². The van der Waals surface area contributed by atoms with Crippen molar-refractivity contribution < 1.29 is 52.2 Å². The van der Waals surface area contributed by atoms with Crippen molar-refractivity contribution in [1.29, 1.82) is 0 Å². The van der Waals surface area contributed by atoms with Crippen LogP contribution in [0.25, 0.3) is 0 Å². The van der Waals surface area contributed by atoms with E-state index in [1.54, 1.807) is 0 Å². The Morgan fingerprint density at radius 3 is 1.00 bits per heavy atom. The molecule has 12 heteroatoms. The predicted molar refractivity (Wildman–Crippen MR) is 344 cm³/mol. The summed E-state index contributed by atoms with van der Waals surface area (Å²) in [5.41, 5.74) is 0. The van der Waals surface area contributed by atoms with E-state index in [1.807, 2.05) is 0 Å². The van der Waals surface area contributed by atoms with Gasteiger partial charge >= 0.3 is 25.7 Å². The number of aliphatic hydroxyl groups excluding tert-OH is 1.